The maximum absolute atomic E-state index is 11.5. The molecule has 2 rings (SSSR count). The van der Waals surface area contributed by atoms with Crippen LogP contribution in [0.4, 0.5) is 5.69 Å². The number of carbonyl (C=O) groups is 1. The molecule has 5 nitrogen and oxygen atoms in total. The van der Waals surface area contributed by atoms with E-state index in [1.54, 1.807) is 24.2 Å². The molecule has 0 aromatic carbocycles. The SMILES string of the molecule is CN=C(c1cnc(Cl)cc1N(C=O)C(C)C)N1CC(CSC)C1. The molecule has 1 aromatic heterocycles. The highest BCUT2D eigenvalue weighted by atomic mass is 35.5. The summed E-state index contributed by atoms with van der Waals surface area (Å²) in [6, 6.07) is 1.76. The van der Waals surface area contributed by atoms with E-state index in [4.69, 9.17) is 11.6 Å². The predicted molar refractivity (Wildman–Crippen MR) is 98.8 cm³/mol. The minimum atomic E-state index is 0.0310. The van der Waals surface area contributed by atoms with Crippen LogP contribution in [0.25, 0.3) is 0 Å². The third-order valence-electron chi connectivity index (χ3n) is 3.91. The van der Waals surface area contributed by atoms with Gasteiger partial charge in [-0.2, -0.15) is 11.8 Å². The lowest BCUT2D eigenvalue weighted by molar-refractivity contribution is -0.107. The molecule has 0 spiro atoms. The largest absolute Gasteiger partial charge is 0.356 e. The monoisotopic (exact) mass is 354 g/mol. The summed E-state index contributed by atoms with van der Waals surface area (Å²) in [5, 5.41) is 0.371. The summed E-state index contributed by atoms with van der Waals surface area (Å²) in [5.74, 6) is 2.72. The van der Waals surface area contributed by atoms with Crippen molar-refractivity contribution in [2.45, 2.75) is 19.9 Å². The zero-order chi connectivity index (χ0) is 17.0. The van der Waals surface area contributed by atoms with Crippen molar-refractivity contribution in [3.63, 3.8) is 0 Å². The van der Waals surface area contributed by atoms with Gasteiger partial charge >= 0.3 is 0 Å². The Labute approximate surface area is 147 Å². The van der Waals surface area contributed by atoms with Gasteiger partial charge < -0.3 is 9.80 Å². The van der Waals surface area contributed by atoms with Gasteiger partial charge in [-0.05, 0) is 25.9 Å². The Morgan fingerprint density at radius 2 is 2.30 bits per heavy atom. The Balaban J connectivity index is 2.32. The molecule has 0 aliphatic carbocycles. The Morgan fingerprint density at radius 1 is 1.61 bits per heavy atom. The first-order valence-electron chi connectivity index (χ1n) is 7.62. The summed E-state index contributed by atoms with van der Waals surface area (Å²) in [5.41, 5.74) is 1.60. The van der Waals surface area contributed by atoms with Gasteiger partial charge in [-0.25, -0.2) is 4.98 Å². The van der Waals surface area contributed by atoms with Gasteiger partial charge in [0, 0.05) is 44.4 Å². The van der Waals surface area contributed by atoms with Crippen molar-refractivity contribution in [2.75, 3.05) is 37.0 Å². The van der Waals surface area contributed by atoms with E-state index in [0.717, 1.165) is 42.3 Å². The average molecular weight is 355 g/mol. The van der Waals surface area contributed by atoms with Crippen molar-refractivity contribution < 1.29 is 4.79 Å². The fourth-order valence-electron chi connectivity index (χ4n) is 2.78. The van der Waals surface area contributed by atoms with Gasteiger partial charge in [0.25, 0.3) is 0 Å². The minimum absolute atomic E-state index is 0.0310. The normalized spacial score (nSPS) is 15.7. The lowest BCUT2D eigenvalue weighted by atomic mass is 10.0. The molecule has 23 heavy (non-hydrogen) atoms. The number of pyridine rings is 1. The number of thioether (sulfide) groups is 1. The summed E-state index contributed by atoms with van der Waals surface area (Å²) < 4.78 is 0. The molecule has 0 bridgehead atoms. The number of hydrogen-bond donors (Lipinski definition) is 0. The first-order chi connectivity index (χ1) is 11.0. The van der Waals surface area contributed by atoms with Crippen LogP contribution in [0.15, 0.2) is 17.3 Å². The van der Waals surface area contributed by atoms with Gasteiger partial charge in [0.1, 0.15) is 11.0 Å². The van der Waals surface area contributed by atoms with E-state index in [1.807, 2.05) is 25.6 Å². The Hall–Kier alpha value is -1.27. The number of amides is 1. The van der Waals surface area contributed by atoms with E-state index in [2.05, 4.69) is 21.1 Å². The van der Waals surface area contributed by atoms with Crippen LogP contribution < -0.4 is 4.90 Å². The predicted octanol–water partition coefficient (Wildman–Crippen LogP) is 2.78. The number of nitrogens with zero attached hydrogens (tertiary/aromatic N) is 4. The molecule has 1 amide bonds. The molecule has 126 valence electrons. The van der Waals surface area contributed by atoms with E-state index in [9.17, 15) is 4.79 Å². The summed E-state index contributed by atoms with van der Waals surface area (Å²) in [6.07, 6.45) is 4.67. The highest BCUT2D eigenvalue weighted by Crippen LogP contribution is 2.29. The fourth-order valence-corrected chi connectivity index (χ4v) is 3.61. The molecule has 2 heterocycles. The number of aliphatic imine (C=N–C) groups is 1. The van der Waals surface area contributed by atoms with Crippen LogP contribution in [-0.2, 0) is 4.79 Å². The number of halogens is 1. The zero-order valence-corrected chi connectivity index (χ0v) is 15.6. The molecule has 1 fully saturated rings. The molecule has 1 aromatic rings. The highest BCUT2D eigenvalue weighted by Gasteiger charge is 2.31. The van der Waals surface area contributed by atoms with Gasteiger partial charge in [-0.3, -0.25) is 9.79 Å². The Kier molecular flexibility index (Phi) is 6.30. The number of carbonyl (C=O) groups excluding carboxylic acids is 1. The second kappa shape index (κ2) is 8.02. The van der Waals surface area contributed by atoms with E-state index in [-0.39, 0.29) is 6.04 Å². The first kappa shape index (κ1) is 18.1. The standard InChI is InChI=1S/C16H23ClN4OS/c1-11(2)21(10-22)14-5-15(17)19-6-13(14)16(18-3)20-7-12(8-20)9-23-4/h5-6,10-12H,7-9H2,1-4H3. The summed E-state index contributed by atoms with van der Waals surface area (Å²) in [7, 11) is 1.77. The molecule has 1 aliphatic heterocycles. The Morgan fingerprint density at radius 3 is 2.83 bits per heavy atom. The molecule has 1 aliphatic rings. The molecule has 1 saturated heterocycles. The third kappa shape index (κ3) is 3.98. The maximum atomic E-state index is 11.5. The quantitative estimate of drug-likeness (QED) is 0.341. The topological polar surface area (TPSA) is 48.8 Å². The summed E-state index contributed by atoms with van der Waals surface area (Å²) in [6.45, 7) is 5.90. The van der Waals surface area contributed by atoms with Gasteiger partial charge in [0.05, 0.1) is 11.3 Å². The van der Waals surface area contributed by atoms with Crippen LogP contribution in [0.1, 0.15) is 19.4 Å². The van der Waals surface area contributed by atoms with Gasteiger partial charge in [-0.1, -0.05) is 11.6 Å². The van der Waals surface area contributed by atoms with Gasteiger partial charge in [0.15, 0.2) is 0 Å². The number of rotatable bonds is 6. The second-order valence-electron chi connectivity index (χ2n) is 5.90. The molecule has 0 radical (unpaired) electrons. The average Bonchev–Trinajstić information content (AvgIpc) is 2.47. The number of likely N-dealkylation sites (tertiary alicyclic amines) is 1. The first-order valence-corrected chi connectivity index (χ1v) is 9.39. The molecular weight excluding hydrogens is 332 g/mol. The third-order valence-corrected chi connectivity index (χ3v) is 4.92. The van der Waals surface area contributed by atoms with Crippen molar-refractivity contribution in [2.24, 2.45) is 10.9 Å². The van der Waals surface area contributed by atoms with E-state index in [0.29, 0.717) is 11.1 Å². The van der Waals surface area contributed by atoms with Crippen molar-refractivity contribution in [1.29, 1.82) is 0 Å². The second-order valence-corrected chi connectivity index (χ2v) is 7.20. The lowest BCUT2D eigenvalue weighted by Gasteiger charge is -2.42. The number of aromatic nitrogens is 1. The van der Waals surface area contributed by atoms with Crippen LogP contribution in [-0.4, -0.2) is 60.3 Å². The number of anilines is 1. The van der Waals surface area contributed by atoms with Crippen LogP contribution in [0, 0.1) is 5.92 Å². The summed E-state index contributed by atoms with van der Waals surface area (Å²) in [4.78, 5) is 24.1. The number of hydrogen-bond acceptors (Lipinski definition) is 4. The number of amidine groups is 1. The van der Waals surface area contributed by atoms with Crippen molar-refractivity contribution >= 4 is 41.3 Å². The van der Waals surface area contributed by atoms with E-state index in [1.165, 1.54) is 0 Å². The fraction of sp³-hybridized carbons (Fsp3) is 0.562. The zero-order valence-electron chi connectivity index (χ0n) is 14.0. The molecular formula is C16H23ClN4OS. The van der Waals surface area contributed by atoms with Gasteiger partial charge in [-0.15, -0.1) is 0 Å². The van der Waals surface area contributed by atoms with E-state index < -0.39 is 0 Å². The smallest absolute Gasteiger partial charge is 0.214 e. The van der Waals surface area contributed by atoms with Crippen molar-refractivity contribution in [1.82, 2.24) is 9.88 Å². The van der Waals surface area contributed by atoms with Crippen LogP contribution in [0.2, 0.25) is 5.15 Å². The lowest BCUT2D eigenvalue weighted by Crippen LogP contribution is -2.51. The van der Waals surface area contributed by atoms with Crippen LogP contribution in [0.3, 0.4) is 0 Å². The molecule has 0 atom stereocenters. The molecule has 7 heteroatoms. The van der Waals surface area contributed by atoms with Crippen LogP contribution >= 0.6 is 23.4 Å². The van der Waals surface area contributed by atoms with E-state index >= 15 is 0 Å². The Bertz CT molecular complexity index is 587. The minimum Gasteiger partial charge on any atom is -0.356 e. The van der Waals surface area contributed by atoms with Gasteiger partial charge in [0.2, 0.25) is 6.41 Å². The molecule has 0 N–H and O–H groups in total. The highest BCUT2D eigenvalue weighted by molar-refractivity contribution is 7.98. The van der Waals surface area contributed by atoms with Crippen LogP contribution in [0.5, 0.6) is 0 Å². The molecule has 0 unspecified atom stereocenters. The van der Waals surface area contributed by atoms with Crippen molar-refractivity contribution in [3.05, 3.63) is 23.0 Å². The summed E-state index contributed by atoms with van der Waals surface area (Å²) >= 11 is 7.92. The molecule has 0 saturated carbocycles. The maximum Gasteiger partial charge on any atom is 0.214 e. The van der Waals surface area contributed by atoms with Crippen molar-refractivity contribution in [3.8, 4) is 0 Å².